The molecule has 1 aromatic heterocycles. The van der Waals surface area contributed by atoms with Gasteiger partial charge >= 0.3 is 0 Å². The molecule has 0 bridgehead atoms. The highest BCUT2D eigenvalue weighted by molar-refractivity contribution is 14.1. The van der Waals surface area contributed by atoms with Crippen molar-refractivity contribution < 1.29 is 14.1 Å². The first-order valence-corrected chi connectivity index (χ1v) is 8.92. The molecule has 3 aromatic rings. The summed E-state index contributed by atoms with van der Waals surface area (Å²) in [5.74, 6) is -0.326. The summed E-state index contributed by atoms with van der Waals surface area (Å²) in [6.45, 7) is 0. The molecule has 0 radical (unpaired) electrons. The van der Waals surface area contributed by atoms with Crippen molar-refractivity contribution in [1.82, 2.24) is 14.9 Å². The summed E-state index contributed by atoms with van der Waals surface area (Å²) in [5, 5.41) is 13.9. The van der Waals surface area contributed by atoms with E-state index in [1.54, 1.807) is 36.1 Å². The number of carbonyl (C=O) groups excluding carboxylic acids is 1. The lowest BCUT2D eigenvalue weighted by molar-refractivity contribution is -0.384. The van der Waals surface area contributed by atoms with Crippen molar-refractivity contribution in [2.75, 3.05) is 0 Å². The lowest BCUT2D eigenvalue weighted by Crippen LogP contribution is -2.31. The van der Waals surface area contributed by atoms with Crippen molar-refractivity contribution in [2.24, 2.45) is 7.05 Å². The Kier molecular flexibility index (Phi) is 5.49. The van der Waals surface area contributed by atoms with E-state index in [2.05, 4.69) is 10.3 Å². The van der Waals surface area contributed by atoms with Gasteiger partial charge < -0.3 is 9.88 Å². The van der Waals surface area contributed by atoms with E-state index in [0.717, 1.165) is 0 Å². The zero-order chi connectivity index (χ0) is 19.6. The molecule has 1 unspecified atom stereocenters. The molecule has 1 amide bonds. The number of imidazole rings is 1. The molecule has 1 atom stereocenters. The van der Waals surface area contributed by atoms with E-state index < -0.39 is 22.7 Å². The first-order valence-electron chi connectivity index (χ1n) is 7.84. The number of halogens is 2. The Labute approximate surface area is 167 Å². The maximum Gasteiger partial charge on any atom is 0.270 e. The topological polar surface area (TPSA) is 90.1 Å². The van der Waals surface area contributed by atoms with Gasteiger partial charge in [-0.15, -0.1) is 0 Å². The molecule has 0 aliphatic heterocycles. The predicted molar refractivity (Wildman–Crippen MR) is 105 cm³/mol. The fraction of sp³-hybridized carbons (Fsp3) is 0.111. The third-order valence-electron chi connectivity index (χ3n) is 4.00. The third kappa shape index (κ3) is 4.13. The zero-order valence-electron chi connectivity index (χ0n) is 14.1. The molecule has 27 heavy (non-hydrogen) atoms. The maximum atomic E-state index is 13.3. The second-order valence-electron chi connectivity index (χ2n) is 5.78. The second-order valence-corrected chi connectivity index (χ2v) is 6.94. The number of aryl methyl sites for hydroxylation is 1. The Morgan fingerprint density at radius 3 is 2.59 bits per heavy atom. The van der Waals surface area contributed by atoms with Crippen LogP contribution in [0.3, 0.4) is 0 Å². The van der Waals surface area contributed by atoms with E-state index in [1.165, 1.54) is 30.3 Å². The lowest BCUT2D eigenvalue weighted by atomic mass is 10.0. The number of nitrogens with zero attached hydrogens (tertiary/aromatic N) is 3. The fourth-order valence-electron chi connectivity index (χ4n) is 2.62. The summed E-state index contributed by atoms with van der Waals surface area (Å²) in [4.78, 5) is 27.6. The van der Waals surface area contributed by atoms with Crippen molar-refractivity contribution in [1.29, 1.82) is 0 Å². The number of non-ortho nitro benzene ring substituents is 1. The summed E-state index contributed by atoms with van der Waals surface area (Å²) in [6.07, 6.45) is 3.32. The van der Waals surface area contributed by atoms with E-state index in [0.29, 0.717) is 15.0 Å². The van der Waals surface area contributed by atoms with Gasteiger partial charge in [0.2, 0.25) is 0 Å². The van der Waals surface area contributed by atoms with Gasteiger partial charge in [-0.25, -0.2) is 9.37 Å². The van der Waals surface area contributed by atoms with Crippen LogP contribution in [-0.2, 0) is 7.05 Å². The minimum Gasteiger partial charge on any atom is -0.338 e. The van der Waals surface area contributed by atoms with Crippen LogP contribution in [0.1, 0.15) is 27.8 Å². The average molecular weight is 480 g/mol. The van der Waals surface area contributed by atoms with E-state index in [9.17, 15) is 19.3 Å². The van der Waals surface area contributed by atoms with Crippen molar-refractivity contribution in [3.8, 4) is 0 Å². The van der Waals surface area contributed by atoms with Gasteiger partial charge in [0.25, 0.3) is 11.6 Å². The minimum absolute atomic E-state index is 0.170. The second kappa shape index (κ2) is 7.82. The van der Waals surface area contributed by atoms with E-state index in [1.807, 2.05) is 22.6 Å². The number of rotatable bonds is 5. The van der Waals surface area contributed by atoms with Crippen LogP contribution in [-0.4, -0.2) is 20.4 Å². The highest BCUT2D eigenvalue weighted by atomic mass is 127. The quantitative estimate of drug-likeness (QED) is 0.344. The molecule has 138 valence electrons. The van der Waals surface area contributed by atoms with Crippen molar-refractivity contribution in [3.63, 3.8) is 0 Å². The van der Waals surface area contributed by atoms with Gasteiger partial charge in [-0.05, 0) is 46.4 Å². The van der Waals surface area contributed by atoms with E-state index >= 15 is 0 Å². The normalized spacial score (nSPS) is 11.8. The number of carbonyl (C=O) groups is 1. The molecule has 1 heterocycles. The van der Waals surface area contributed by atoms with Crippen LogP contribution in [0.4, 0.5) is 10.1 Å². The molecule has 0 saturated heterocycles. The predicted octanol–water partition coefficient (Wildman–Crippen LogP) is 3.59. The van der Waals surface area contributed by atoms with Gasteiger partial charge in [-0.3, -0.25) is 14.9 Å². The fourth-order valence-corrected chi connectivity index (χ4v) is 3.20. The molecular weight excluding hydrogens is 466 g/mol. The van der Waals surface area contributed by atoms with Gasteiger partial charge in [0, 0.05) is 35.1 Å². The number of nitro groups is 1. The molecule has 0 aliphatic rings. The summed E-state index contributed by atoms with van der Waals surface area (Å²) in [6, 6.07) is 9.17. The highest BCUT2D eigenvalue weighted by Crippen LogP contribution is 2.24. The summed E-state index contributed by atoms with van der Waals surface area (Å²) in [5.41, 5.74) is 0.654. The third-order valence-corrected chi connectivity index (χ3v) is 4.94. The van der Waals surface area contributed by atoms with E-state index in [-0.39, 0.29) is 11.3 Å². The molecule has 0 saturated carbocycles. The number of nitro benzene ring substituents is 1. The van der Waals surface area contributed by atoms with Gasteiger partial charge in [0.05, 0.1) is 10.5 Å². The minimum atomic E-state index is -0.645. The Morgan fingerprint density at radius 1 is 1.30 bits per heavy atom. The number of nitrogens with one attached hydrogen (secondary N) is 1. The first kappa shape index (κ1) is 19.0. The Balaban J connectivity index is 1.99. The maximum absolute atomic E-state index is 13.3. The molecule has 2 aromatic carbocycles. The van der Waals surface area contributed by atoms with Crippen LogP contribution < -0.4 is 5.32 Å². The van der Waals surface area contributed by atoms with Gasteiger partial charge in [0.1, 0.15) is 17.7 Å². The Morgan fingerprint density at radius 2 is 2.00 bits per heavy atom. The van der Waals surface area contributed by atoms with E-state index in [4.69, 9.17) is 0 Å². The molecule has 3 rings (SSSR count). The van der Waals surface area contributed by atoms with Crippen LogP contribution in [0.15, 0.2) is 54.9 Å². The highest BCUT2D eigenvalue weighted by Gasteiger charge is 2.23. The smallest absolute Gasteiger partial charge is 0.270 e. The zero-order valence-corrected chi connectivity index (χ0v) is 16.3. The van der Waals surface area contributed by atoms with Gasteiger partial charge in [0.15, 0.2) is 0 Å². The average Bonchev–Trinajstić information content (AvgIpc) is 3.06. The Hall–Kier alpha value is -2.82. The van der Waals surface area contributed by atoms with Crippen molar-refractivity contribution >= 4 is 34.2 Å². The number of hydrogen-bond acceptors (Lipinski definition) is 4. The summed E-state index contributed by atoms with van der Waals surface area (Å²) >= 11 is 1.95. The van der Waals surface area contributed by atoms with Crippen LogP contribution in [0.25, 0.3) is 0 Å². The number of hydrogen-bond donors (Lipinski definition) is 1. The van der Waals surface area contributed by atoms with Gasteiger partial charge in [-0.2, -0.15) is 0 Å². The SMILES string of the molecule is Cn1ccnc1C(NC(=O)c1cc([N+](=O)[O-])ccc1I)c1ccc(F)cc1. The molecular formula is C18H14FIN4O3. The molecule has 0 aliphatic carbocycles. The van der Waals surface area contributed by atoms with Crippen molar-refractivity contribution in [3.05, 3.63) is 91.3 Å². The molecule has 7 nitrogen and oxygen atoms in total. The van der Waals surface area contributed by atoms with Crippen LogP contribution in [0, 0.1) is 19.5 Å². The molecule has 0 fully saturated rings. The number of benzene rings is 2. The summed E-state index contributed by atoms with van der Waals surface area (Å²) in [7, 11) is 1.78. The lowest BCUT2D eigenvalue weighted by Gasteiger charge is -2.19. The molecule has 0 spiro atoms. The molecule has 9 heteroatoms. The Bertz CT molecular complexity index is 1000. The van der Waals surface area contributed by atoms with Crippen LogP contribution in [0.5, 0.6) is 0 Å². The monoisotopic (exact) mass is 480 g/mol. The van der Waals surface area contributed by atoms with Gasteiger partial charge in [-0.1, -0.05) is 12.1 Å². The van der Waals surface area contributed by atoms with Crippen molar-refractivity contribution in [2.45, 2.75) is 6.04 Å². The number of amides is 1. The summed E-state index contributed by atoms with van der Waals surface area (Å²) < 4.78 is 15.6. The first-order chi connectivity index (χ1) is 12.9. The van der Waals surface area contributed by atoms with Crippen LogP contribution >= 0.6 is 22.6 Å². The molecule has 1 N–H and O–H groups in total. The van der Waals surface area contributed by atoms with Crippen LogP contribution in [0.2, 0.25) is 0 Å². The largest absolute Gasteiger partial charge is 0.338 e. The standard InChI is InChI=1S/C18H14FIN4O3/c1-23-9-8-21-17(23)16(11-2-4-12(19)5-3-11)22-18(25)14-10-13(24(26)27)6-7-15(14)20/h2-10,16H,1H3,(H,22,25). The number of aromatic nitrogens is 2.